The second kappa shape index (κ2) is 4.12. The maximum atomic E-state index is 11.2. The number of fused-ring (bicyclic) bond motifs is 1. The first-order valence-corrected chi connectivity index (χ1v) is 6.42. The zero-order chi connectivity index (χ0) is 12.7. The summed E-state index contributed by atoms with van der Waals surface area (Å²) >= 11 is 0. The normalized spacial score (nSPS) is 15.2. The number of nitrogens with zero attached hydrogens (tertiary/aromatic N) is 2. The van der Waals surface area contributed by atoms with Crippen LogP contribution in [0.25, 0.3) is 11.0 Å². The van der Waals surface area contributed by atoms with Gasteiger partial charge in [0.05, 0.1) is 11.1 Å². The van der Waals surface area contributed by atoms with Crippen LogP contribution in [0.1, 0.15) is 35.9 Å². The zero-order valence-electron chi connectivity index (χ0n) is 10.4. The van der Waals surface area contributed by atoms with E-state index in [-0.39, 0.29) is 0 Å². The first kappa shape index (κ1) is 11.3. The van der Waals surface area contributed by atoms with E-state index in [0.29, 0.717) is 11.1 Å². The molecule has 4 nitrogen and oxygen atoms in total. The monoisotopic (exact) mass is 244 g/mol. The molecule has 1 fully saturated rings. The molecular formula is C14H16N2O2. The summed E-state index contributed by atoms with van der Waals surface area (Å²) in [7, 11) is 0. The molecule has 1 aromatic carbocycles. The third-order valence-corrected chi connectivity index (χ3v) is 3.54. The Balaban J connectivity index is 2.19. The summed E-state index contributed by atoms with van der Waals surface area (Å²) in [5, 5.41) is 9.20. The minimum atomic E-state index is -0.903. The molecule has 4 heteroatoms. The van der Waals surface area contributed by atoms with Gasteiger partial charge in [-0.3, -0.25) is 0 Å². The van der Waals surface area contributed by atoms with Crippen LogP contribution >= 0.6 is 0 Å². The van der Waals surface area contributed by atoms with Crippen molar-refractivity contribution in [3.8, 4) is 0 Å². The molecule has 0 unspecified atom stereocenters. The van der Waals surface area contributed by atoms with Crippen LogP contribution < -0.4 is 0 Å². The highest BCUT2D eigenvalue weighted by Gasteiger charge is 2.24. The number of hydrogen-bond donors (Lipinski definition) is 1. The average Bonchev–Trinajstić information content (AvgIpc) is 3.10. The standard InChI is InChI=1S/C14H16N2O2/c1-2-12-15-13-10(14(17)18)4-3-5-11(13)16(12)8-9-6-7-9/h3-5,9H,2,6-8H2,1H3,(H,17,18). The molecule has 0 spiro atoms. The van der Waals surface area contributed by atoms with Gasteiger partial charge in [-0.15, -0.1) is 0 Å². The Bertz CT molecular complexity index is 612. The van der Waals surface area contributed by atoms with Crippen LogP contribution in [0.3, 0.4) is 0 Å². The molecule has 2 aromatic rings. The van der Waals surface area contributed by atoms with Crippen molar-refractivity contribution in [2.75, 3.05) is 0 Å². The Kier molecular flexibility index (Phi) is 2.58. The molecule has 94 valence electrons. The number of carboxylic acid groups (broad SMARTS) is 1. The van der Waals surface area contributed by atoms with E-state index in [1.54, 1.807) is 12.1 Å². The SMILES string of the molecule is CCc1nc2c(C(=O)O)cccc2n1CC1CC1. The number of aryl methyl sites for hydroxylation is 1. The highest BCUT2D eigenvalue weighted by molar-refractivity contribution is 6.01. The van der Waals surface area contributed by atoms with E-state index >= 15 is 0 Å². The number of aromatic nitrogens is 2. The summed E-state index contributed by atoms with van der Waals surface area (Å²) < 4.78 is 2.19. The number of hydrogen-bond acceptors (Lipinski definition) is 2. The van der Waals surface area contributed by atoms with Crippen LogP contribution in [0.15, 0.2) is 18.2 Å². The number of para-hydroxylation sites is 1. The summed E-state index contributed by atoms with van der Waals surface area (Å²) in [5.74, 6) is 0.839. The minimum Gasteiger partial charge on any atom is -0.478 e. The molecule has 0 saturated heterocycles. The van der Waals surface area contributed by atoms with Crippen molar-refractivity contribution in [3.05, 3.63) is 29.6 Å². The maximum Gasteiger partial charge on any atom is 0.337 e. The number of carbonyl (C=O) groups is 1. The number of benzene rings is 1. The quantitative estimate of drug-likeness (QED) is 0.899. The fourth-order valence-corrected chi connectivity index (χ4v) is 2.40. The van der Waals surface area contributed by atoms with E-state index in [9.17, 15) is 9.90 Å². The van der Waals surface area contributed by atoms with Crippen LogP contribution in [-0.2, 0) is 13.0 Å². The lowest BCUT2D eigenvalue weighted by Gasteiger charge is -2.06. The van der Waals surface area contributed by atoms with Gasteiger partial charge in [-0.2, -0.15) is 0 Å². The molecule has 0 aliphatic heterocycles. The van der Waals surface area contributed by atoms with Gasteiger partial charge in [-0.25, -0.2) is 9.78 Å². The van der Waals surface area contributed by atoms with Gasteiger partial charge in [-0.1, -0.05) is 13.0 Å². The number of carboxylic acids is 1. The molecule has 1 aliphatic carbocycles. The largest absolute Gasteiger partial charge is 0.478 e. The van der Waals surface area contributed by atoms with Crippen molar-refractivity contribution in [1.29, 1.82) is 0 Å². The van der Waals surface area contributed by atoms with E-state index < -0.39 is 5.97 Å². The fraction of sp³-hybridized carbons (Fsp3) is 0.429. The van der Waals surface area contributed by atoms with E-state index in [1.165, 1.54) is 12.8 Å². The number of aromatic carboxylic acids is 1. The van der Waals surface area contributed by atoms with Crippen molar-refractivity contribution < 1.29 is 9.90 Å². The van der Waals surface area contributed by atoms with E-state index in [0.717, 1.165) is 30.2 Å². The summed E-state index contributed by atoms with van der Waals surface area (Å²) in [6.45, 7) is 3.04. The van der Waals surface area contributed by atoms with Crippen LogP contribution in [-0.4, -0.2) is 20.6 Å². The van der Waals surface area contributed by atoms with Crippen molar-refractivity contribution in [1.82, 2.24) is 9.55 Å². The third kappa shape index (κ3) is 1.78. The van der Waals surface area contributed by atoms with Gasteiger partial charge >= 0.3 is 5.97 Å². The fourth-order valence-electron chi connectivity index (χ4n) is 2.40. The molecule has 18 heavy (non-hydrogen) atoms. The molecule has 1 heterocycles. The first-order chi connectivity index (χ1) is 8.70. The van der Waals surface area contributed by atoms with Crippen molar-refractivity contribution in [3.63, 3.8) is 0 Å². The Hall–Kier alpha value is -1.84. The smallest absolute Gasteiger partial charge is 0.337 e. The molecule has 1 saturated carbocycles. The third-order valence-electron chi connectivity index (χ3n) is 3.54. The second-order valence-corrected chi connectivity index (χ2v) is 4.91. The summed E-state index contributed by atoms with van der Waals surface area (Å²) in [4.78, 5) is 15.7. The maximum absolute atomic E-state index is 11.2. The van der Waals surface area contributed by atoms with Gasteiger partial charge in [0.15, 0.2) is 0 Å². The molecule has 1 N–H and O–H groups in total. The Morgan fingerprint density at radius 1 is 1.50 bits per heavy atom. The van der Waals surface area contributed by atoms with Crippen molar-refractivity contribution in [2.45, 2.75) is 32.7 Å². The van der Waals surface area contributed by atoms with Gasteiger partial charge < -0.3 is 9.67 Å². The first-order valence-electron chi connectivity index (χ1n) is 6.42. The highest BCUT2D eigenvalue weighted by atomic mass is 16.4. The zero-order valence-corrected chi connectivity index (χ0v) is 10.4. The lowest BCUT2D eigenvalue weighted by molar-refractivity contribution is 0.0699. The van der Waals surface area contributed by atoms with E-state index in [2.05, 4.69) is 16.5 Å². The van der Waals surface area contributed by atoms with Gasteiger partial charge in [0.25, 0.3) is 0 Å². The predicted octanol–water partition coefficient (Wildman–Crippen LogP) is 2.71. The molecule has 0 radical (unpaired) electrons. The van der Waals surface area contributed by atoms with E-state index in [1.807, 2.05) is 6.07 Å². The lowest BCUT2D eigenvalue weighted by Crippen LogP contribution is -2.04. The summed E-state index contributed by atoms with van der Waals surface area (Å²) in [6.07, 6.45) is 3.39. The van der Waals surface area contributed by atoms with Crippen molar-refractivity contribution in [2.24, 2.45) is 5.92 Å². The second-order valence-electron chi connectivity index (χ2n) is 4.91. The lowest BCUT2D eigenvalue weighted by atomic mass is 10.2. The molecule has 0 amide bonds. The Labute approximate surface area is 105 Å². The van der Waals surface area contributed by atoms with Crippen LogP contribution in [0, 0.1) is 5.92 Å². The van der Waals surface area contributed by atoms with Gasteiger partial charge in [0.1, 0.15) is 11.3 Å². The van der Waals surface area contributed by atoms with Crippen LogP contribution in [0.2, 0.25) is 0 Å². The van der Waals surface area contributed by atoms with Gasteiger partial charge in [0.2, 0.25) is 0 Å². The summed E-state index contributed by atoms with van der Waals surface area (Å²) in [5.41, 5.74) is 1.89. The predicted molar refractivity (Wildman–Crippen MR) is 68.8 cm³/mol. The highest BCUT2D eigenvalue weighted by Crippen LogP contribution is 2.33. The molecular weight excluding hydrogens is 228 g/mol. The molecule has 3 rings (SSSR count). The minimum absolute atomic E-state index is 0.303. The van der Waals surface area contributed by atoms with Gasteiger partial charge in [0, 0.05) is 13.0 Å². The van der Waals surface area contributed by atoms with E-state index in [4.69, 9.17) is 0 Å². The Morgan fingerprint density at radius 3 is 2.89 bits per heavy atom. The number of imidazole rings is 1. The van der Waals surface area contributed by atoms with Crippen LogP contribution in [0.4, 0.5) is 0 Å². The molecule has 1 aromatic heterocycles. The summed E-state index contributed by atoms with van der Waals surface area (Å²) in [6, 6.07) is 5.39. The molecule has 0 bridgehead atoms. The molecule has 0 atom stereocenters. The van der Waals surface area contributed by atoms with Crippen molar-refractivity contribution >= 4 is 17.0 Å². The molecule has 1 aliphatic rings. The van der Waals surface area contributed by atoms with Gasteiger partial charge in [-0.05, 0) is 30.9 Å². The number of rotatable bonds is 4. The average molecular weight is 244 g/mol. The topological polar surface area (TPSA) is 55.1 Å². The Morgan fingerprint density at radius 2 is 2.28 bits per heavy atom. The van der Waals surface area contributed by atoms with Crippen LogP contribution in [0.5, 0.6) is 0 Å².